The number of ether oxygens (including phenoxy) is 1. The summed E-state index contributed by atoms with van der Waals surface area (Å²) in [6.07, 6.45) is 4.89. The molecule has 2 heterocycles. The summed E-state index contributed by atoms with van der Waals surface area (Å²) in [5.41, 5.74) is 3.37. The van der Waals surface area contributed by atoms with Gasteiger partial charge in [0.1, 0.15) is 0 Å². The lowest BCUT2D eigenvalue weighted by Gasteiger charge is -2.25. The van der Waals surface area contributed by atoms with Crippen LogP contribution < -0.4 is 5.32 Å². The number of hydrogen-bond acceptors (Lipinski definition) is 3. The van der Waals surface area contributed by atoms with Gasteiger partial charge < -0.3 is 10.1 Å². The molecule has 1 N–H and O–H groups in total. The van der Waals surface area contributed by atoms with E-state index >= 15 is 0 Å². The van der Waals surface area contributed by atoms with E-state index in [1.807, 2.05) is 24.3 Å². The highest BCUT2D eigenvalue weighted by molar-refractivity contribution is 5.66. The number of rotatable bonds is 2. The van der Waals surface area contributed by atoms with Crippen molar-refractivity contribution in [3.63, 3.8) is 0 Å². The molecule has 1 aromatic heterocycles. The fraction of sp³-hybridized carbons (Fsp3) is 0.267. The summed E-state index contributed by atoms with van der Waals surface area (Å²) in [5.74, 6) is 0. The second-order valence-electron chi connectivity index (χ2n) is 4.31. The molecule has 0 saturated carbocycles. The van der Waals surface area contributed by atoms with Crippen molar-refractivity contribution in [3.05, 3.63) is 54.4 Å². The summed E-state index contributed by atoms with van der Waals surface area (Å²) >= 11 is 0. The summed E-state index contributed by atoms with van der Waals surface area (Å²) in [4.78, 5) is 4.07. The average molecular weight is 239 g/mol. The zero-order chi connectivity index (χ0) is 12.2. The predicted molar refractivity (Wildman–Crippen MR) is 70.1 cm³/mol. The Balaban J connectivity index is 1.99. The maximum absolute atomic E-state index is 5.83. The van der Waals surface area contributed by atoms with Gasteiger partial charge in [-0.05, 0) is 17.2 Å². The number of morpholine rings is 1. The number of nitrogens with zero attached hydrogens (tertiary/aromatic N) is 1. The van der Waals surface area contributed by atoms with Crippen molar-refractivity contribution in [1.29, 1.82) is 0 Å². The highest BCUT2D eigenvalue weighted by Crippen LogP contribution is 2.29. The third kappa shape index (κ3) is 2.28. The van der Waals surface area contributed by atoms with Gasteiger partial charge in [-0.25, -0.2) is 0 Å². The maximum Gasteiger partial charge on any atom is 0.0970 e. The second-order valence-corrected chi connectivity index (χ2v) is 4.31. The van der Waals surface area contributed by atoms with E-state index in [-0.39, 0.29) is 6.10 Å². The lowest BCUT2D eigenvalue weighted by atomic mass is 9.97. The van der Waals surface area contributed by atoms with Crippen molar-refractivity contribution in [2.24, 2.45) is 0 Å². The van der Waals surface area contributed by atoms with Gasteiger partial charge in [0, 0.05) is 24.8 Å². The summed E-state index contributed by atoms with van der Waals surface area (Å²) in [6.45, 7) is 2.55. The molecule has 0 spiro atoms. The van der Waals surface area contributed by atoms with Crippen molar-refractivity contribution in [1.82, 2.24) is 10.3 Å². The molecule has 1 aliphatic rings. The fourth-order valence-electron chi connectivity index (χ4n) is 2.26. The lowest BCUT2D eigenvalue weighted by molar-refractivity contribution is 0.0280. The number of benzene rings is 1. The minimum absolute atomic E-state index is 0.114. The SMILES string of the molecule is [c]1ncccc1-c1ccccc1C1CNCCO1. The Morgan fingerprint density at radius 1 is 1.22 bits per heavy atom. The minimum Gasteiger partial charge on any atom is -0.371 e. The molecule has 1 aromatic carbocycles. The molecule has 0 aliphatic carbocycles. The molecule has 2 aromatic rings. The summed E-state index contributed by atoms with van der Waals surface area (Å²) in [7, 11) is 0. The molecule has 3 nitrogen and oxygen atoms in total. The van der Waals surface area contributed by atoms with E-state index in [0.29, 0.717) is 0 Å². The van der Waals surface area contributed by atoms with Crippen molar-refractivity contribution < 1.29 is 4.74 Å². The van der Waals surface area contributed by atoms with Crippen LogP contribution in [0.15, 0.2) is 42.6 Å². The molecule has 1 atom stereocenters. The number of nitrogens with one attached hydrogen (secondary N) is 1. The Hall–Kier alpha value is -1.71. The van der Waals surface area contributed by atoms with E-state index in [4.69, 9.17) is 4.74 Å². The van der Waals surface area contributed by atoms with Crippen LogP contribution in [-0.4, -0.2) is 24.7 Å². The van der Waals surface area contributed by atoms with Crippen molar-refractivity contribution in [2.75, 3.05) is 19.7 Å². The average Bonchev–Trinajstić information content (AvgIpc) is 2.49. The molecule has 91 valence electrons. The van der Waals surface area contributed by atoms with Crippen LogP contribution in [0.3, 0.4) is 0 Å². The van der Waals surface area contributed by atoms with Gasteiger partial charge in [-0.15, -0.1) is 0 Å². The first kappa shape index (κ1) is 11.4. The van der Waals surface area contributed by atoms with Crippen LogP contribution in [-0.2, 0) is 4.74 Å². The second kappa shape index (κ2) is 5.29. The molecular weight excluding hydrogens is 224 g/mol. The normalized spacial score (nSPS) is 19.7. The fourth-order valence-corrected chi connectivity index (χ4v) is 2.26. The molecule has 1 saturated heterocycles. The van der Waals surface area contributed by atoms with Gasteiger partial charge >= 0.3 is 0 Å². The van der Waals surface area contributed by atoms with Crippen LogP contribution in [0.2, 0.25) is 0 Å². The standard InChI is InChI=1S/C15H15N2O/c1-2-6-14(15-11-17-8-9-18-15)13(5-1)12-4-3-7-16-10-12/h1-7,15,17H,8-9,11H2. The Kier molecular flexibility index (Phi) is 3.35. The first-order valence-corrected chi connectivity index (χ1v) is 6.19. The van der Waals surface area contributed by atoms with Gasteiger partial charge in [-0.1, -0.05) is 30.3 Å². The molecule has 0 bridgehead atoms. The van der Waals surface area contributed by atoms with Crippen LogP contribution in [0, 0.1) is 6.20 Å². The Morgan fingerprint density at radius 2 is 2.17 bits per heavy atom. The number of hydrogen-bond donors (Lipinski definition) is 1. The van der Waals surface area contributed by atoms with E-state index in [9.17, 15) is 0 Å². The number of aromatic nitrogens is 1. The van der Waals surface area contributed by atoms with E-state index in [1.54, 1.807) is 6.20 Å². The first-order chi connectivity index (χ1) is 8.95. The number of pyridine rings is 1. The minimum atomic E-state index is 0.114. The molecular formula is C15H15N2O. The van der Waals surface area contributed by atoms with Gasteiger partial charge in [0.2, 0.25) is 0 Å². The van der Waals surface area contributed by atoms with E-state index < -0.39 is 0 Å². The lowest BCUT2D eigenvalue weighted by Crippen LogP contribution is -2.33. The van der Waals surface area contributed by atoms with Crippen molar-refractivity contribution in [2.45, 2.75) is 6.10 Å². The third-order valence-electron chi connectivity index (χ3n) is 3.13. The molecule has 1 radical (unpaired) electrons. The quantitative estimate of drug-likeness (QED) is 0.872. The first-order valence-electron chi connectivity index (χ1n) is 6.19. The summed E-state index contributed by atoms with van der Waals surface area (Å²) < 4.78 is 5.83. The van der Waals surface area contributed by atoms with Crippen LogP contribution in [0.4, 0.5) is 0 Å². The highest BCUT2D eigenvalue weighted by Gasteiger charge is 2.19. The molecule has 0 amide bonds. The van der Waals surface area contributed by atoms with Gasteiger partial charge in [0.25, 0.3) is 0 Å². The largest absolute Gasteiger partial charge is 0.371 e. The maximum atomic E-state index is 5.83. The molecule has 18 heavy (non-hydrogen) atoms. The summed E-state index contributed by atoms with van der Waals surface area (Å²) in [6, 6.07) is 12.3. The van der Waals surface area contributed by atoms with Gasteiger partial charge in [-0.3, -0.25) is 4.98 Å². The van der Waals surface area contributed by atoms with Gasteiger partial charge in [-0.2, -0.15) is 0 Å². The monoisotopic (exact) mass is 239 g/mol. The van der Waals surface area contributed by atoms with E-state index in [2.05, 4.69) is 28.6 Å². The van der Waals surface area contributed by atoms with E-state index in [1.165, 1.54) is 5.56 Å². The van der Waals surface area contributed by atoms with Gasteiger partial charge in [0.15, 0.2) is 0 Å². The Labute approximate surface area is 107 Å². The van der Waals surface area contributed by atoms with Crippen LogP contribution in [0.25, 0.3) is 11.1 Å². The zero-order valence-electron chi connectivity index (χ0n) is 10.1. The smallest absolute Gasteiger partial charge is 0.0970 e. The molecule has 1 aliphatic heterocycles. The van der Waals surface area contributed by atoms with Crippen LogP contribution >= 0.6 is 0 Å². The van der Waals surface area contributed by atoms with E-state index in [0.717, 1.165) is 30.8 Å². The third-order valence-corrected chi connectivity index (χ3v) is 3.13. The van der Waals surface area contributed by atoms with Crippen molar-refractivity contribution in [3.8, 4) is 11.1 Å². The molecule has 1 unspecified atom stereocenters. The highest BCUT2D eigenvalue weighted by atomic mass is 16.5. The molecule has 3 rings (SSSR count). The summed E-state index contributed by atoms with van der Waals surface area (Å²) in [5, 5.41) is 3.36. The topological polar surface area (TPSA) is 34.2 Å². The Bertz CT molecular complexity index is 507. The zero-order valence-corrected chi connectivity index (χ0v) is 10.1. The van der Waals surface area contributed by atoms with Crippen molar-refractivity contribution >= 4 is 0 Å². The molecule has 1 fully saturated rings. The van der Waals surface area contributed by atoms with Crippen LogP contribution in [0.1, 0.15) is 11.7 Å². The molecule has 3 heteroatoms. The predicted octanol–water partition coefficient (Wildman–Crippen LogP) is 2.21. The van der Waals surface area contributed by atoms with Gasteiger partial charge in [0.05, 0.1) is 18.9 Å². The van der Waals surface area contributed by atoms with Crippen LogP contribution in [0.5, 0.6) is 0 Å². The Morgan fingerprint density at radius 3 is 2.94 bits per heavy atom.